The Morgan fingerprint density at radius 2 is 1.72 bits per heavy atom. The van der Waals surface area contributed by atoms with Crippen LogP contribution in [0.3, 0.4) is 0 Å². The third-order valence-corrected chi connectivity index (χ3v) is 7.44. The Balaban J connectivity index is 1.79. The number of aromatic hydroxyl groups is 1. The number of hydrogen-bond acceptors (Lipinski definition) is 8. The van der Waals surface area contributed by atoms with Crippen LogP contribution in [-0.2, 0) is 9.53 Å². The zero-order chi connectivity index (χ0) is 31.9. The van der Waals surface area contributed by atoms with Crippen molar-refractivity contribution in [1.82, 2.24) is 14.9 Å². The number of rotatable bonds is 6. The van der Waals surface area contributed by atoms with Crippen molar-refractivity contribution in [1.29, 1.82) is 0 Å². The van der Waals surface area contributed by atoms with Crippen LogP contribution in [0.15, 0.2) is 24.3 Å². The number of halogens is 3. The summed E-state index contributed by atoms with van der Waals surface area (Å²) in [6.07, 6.45) is -0.452. The topological polar surface area (TPSA) is 128 Å². The Morgan fingerprint density at radius 3 is 2.28 bits per heavy atom. The smallest absolute Gasteiger partial charge is 0.410 e. The SMILES string of the molecule is CC(C)(C)OC(=O)N1CCN(c2nc(NC[C@@H](C(=O)O)C(C)(C)C)nc3c(F)c(-c4c(O)cccc4F)c(Cl)cc23)CC1. The minimum Gasteiger partial charge on any atom is -0.507 e. The number of benzene rings is 2. The number of fused-ring (bicyclic) bond motifs is 1. The van der Waals surface area contributed by atoms with Crippen LogP contribution >= 0.6 is 11.6 Å². The Hall–Kier alpha value is -3.93. The first-order valence-electron chi connectivity index (χ1n) is 13.8. The number of hydrogen-bond donors (Lipinski definition) is 3. The van der Waals surface area contributed by atoms with E-state index in [1.165, 1.54) is 18.2 Å². The van der Waals surface area contributed by atoms with Crippen molar-refractivity contribution in [2.45, 2.75) is 47.1 Å². The fraction of sp³-hybridized carbons (Fsp3) is 0.467. The van der Waals surface area contributed by atoms with Crippen LogP contribution in [0.5, 0.6) is 5.75 Å². The molecule has 232 valence electrons. The number of carbonyl (C=O) groups is 2. The van der Waals surface area contributed by atoms with E-state index in [2.05, 4.69) is 15.3 Å². The minimum absolute atomic E-state index is 0.0440. The van der Waals surface area contributed by atoms with E-state index >= 15 is 4.39 Å². The lowest BCUT2D eigenvalue weighted by atomic mass is 9.81. The number of aromatic nitrogens is 2. The quantitative estimate of drug-likeness (QED) is 0.298. The average Bonchev–Trinajstić information content (AvgIpc) is 2.88. The van der Waals surface area contributed by atoms with Gasteiger partial charge in [0.05, 0.1) is 16.5 Å². The van der Waals surface area contributed by atoms with E-state index in [-0.39, 0.29) is 34.0 Å². The number of nitrogens with zero attached hydrogens (tertiary/aromatic N) is 4. The summed E-state index contributed by atoms with van der Waals surface area (Å²) in [6, 6.07) is 5.00. The lowest BCUT2D eigenvalue weighted by Crippen LogP contribution is -2.50. The van der Waals surface area contributed by atoms with Crippen LogP contribution in [0.4, 0.5) is 25.3 Å². The second kappa shape index (κ2) is 12.0. The summed E-state index contributed by atoms with van der Waals surface area (Å²) >= 11 is 6.51. The fourth-order valence-corrected chi connectivity index (χ4v) is 5.16. The number of ether oxygens (including phenoxy) is 1. The van der Waals surface area contributed by atoms with Gasteiger partial charge in [-0.2, -0.15) is 4.98 Å². The maximum atomic E-state index is 16.3. The third-order valence-electron chi connectivity index (χ3n) is 7.14. The van der Waals surface area contributed by atoms with Crippen LogP contribution in [-0.4, -0.2) is 75.5 Å². The Bertz CT molecular complexity index is 1530. The lowest BCUT2D eigenvalue weighted by molar-refractivity contribution is -0.144. The molecule has 43 heavy (non-hydrogen) atoms. The summed E-state index contributed by atoms with van der Waals surface area (Å²) in [5, 5.41) is 23.2. The van der Waals surface area contributed by atoms with E-state index in [1.807, 2.05) is 4.90 Å². The molecule has 3 N–H and O–H groups in total. The van der Waals surface area contributed by atoms with Gasteiger partial charge in [-0.3, -0.25) is 4.79 Å². The Morgan fingerprint density at radius 1 is 1.07 bits per heavy atom. The molecule has 1 aliphatic heterocycles. The van der Waals surface area contributed by atoms with Crippen LogP contribution < -0.4 is 10.2 Å². The monoisotopic (exact) mass is 619 g/mol. The summed E-state index contributed by atoms with van der Waals surface area (Å²) in [5.41, 5.74) is -2.24. The van der Waals surface area contributed by atoms with Gasteiger partial charge in [0.15, 0.2) is 5.82 Å². The van der Waals surface area contributed by atoms with Crippen molar-refractivity contribution in [3.05, 3.63) is 40.9 Å². The van der Waals surface area contributed by atoms with Crippen LogP contribution in [0.25, 0.3) is 22.0 Å². The maximum Gasteiger partial charge on any atom is 0.410 e. The largest absolute Gasteiger partial charge is 0.507 e. The summed E-state index contributed by atoms with van der Waals surface area (Å²) in [4.78, 5) is 36.9. The molecule has 1 saturated heterocycles. The predicted octanol–water partition coefficient (Wildman–Crippen LogP) is 6.15. The van der Waals surface area contributed by atoms with Gasteiger partial charge in [0.1, 0.15) is 28.5 Å². The molecule has 4 rings (SSSR count). The molecule has 0 saturated carbocycles. The molecule has 2 heterocycles. The molecule has 0 bridgehead atoms. The van der Waals surface area contributed by atoms with Crippen molar-refractivity contribution < 1.29 is 33.3 Å². The van der Waals surface area contributed by atoms with Crippen LogP contribution in [0.1, 0.15) is 41.5 Å². The molecule has 1 fully saturated rings. The summed E-state index contributed by atoms with van der Waals surface area (Å²) in [7, 11) is 0. The van der Waals surface area contributed by atoms with E-state index in [0.717, 1.165) is 6.07 Å². The number of anilines is 2. The van der Waals surface area contributed by atoms with Crippen molar-refractivity contribution in [2.24, 2.45) is 11.3 Å². The molecular formula is C30H36ClF2N5O5. The number of carboxylic acid groups (broad SMARTS) is 1. The van der Waals surface area contributed by atoms with Crippen molar-refractivity contribution in [3.63, 3.8) is 0 Å². The molecular weight excluding hydrogens is 584 g/mol. The molecule has 0 aliphatic carbocycles. The Kier molecular flexibility index (Phi) is 8.92. The number of piperazine rings is 1. The van der Waals surface area contributed by atoms with Gasteiger partial charge in [0, 0.05) is 43.7 Å². The molecule has 0 spiro atoms. The molecule has 1 aromatic heterocycles. The first-order chi connectivity index (χ1) is 20.0. The maximum absolute atomic E-state index is 16.3. The van der Waals surface area contributed by atoms with Gasteiger partial charge in [0.2, 0.25) is 5.95 Å². The number of phenolic OH excluding ortho intramolecular Hbond substituents is 1. The van der Waals surface area contributed by atoms with E-state index in [1.54, 1.807) is 46.4 Å². The van der Waals surface area contributed by atoms with E-state index < -0.39 is 51.9 Å². The number of amides is 1. The number of aliphatic carboxylic acids is 1. The number of phenols is 1. The van der Waals surface area contributed by atoms with Gasteiger partial charge in [-0.05, 0) is 44.4 Å². The highest BCUT2D eigenvalue weighted by Crippen LogP contribution is 2.42. The van der Waals surface area contributed by atoms with Gasteiger partial charge in [-0.15, -0.1) is 0 Å². The first-order valence-corrected chi connectivity index (χ1v) is 14.2. The Labute approximate surface area is 253 Å². The predicted molar refractivity (Wildman–Crippen MR) is 161 cm³/mol. The molecule has 0 radical (unpaired) electrons. The van der Waals surface area contributed by atoms with Gasteiger partial charge in [-0.1, -0.05) is 38.4 Å². The molecule has 3 aromatic rings. The summed E-state index contributed by atoms with van der Waals surface area (Å²) < 4.78 is 36.6. The van der Waals surface area contributed by atoms with Gasteiger partial charge in [0.25, 0.3) is 0 Å². The first kappa shape index (κ1) is 32.0. The number of carbonyl (C=O) groups excluding carboxylic acids is 1. The van der Waals surface area contributed by atoms with E-state index in [9.17, 15) is 24.2 Å². The summed E-state index contributed by atoms with van der Waals surface area (Å²) in [5.74, 6) is -3.95. The minimum atomic E-state index is -1.02. The lowest BCUT2D eigenvalue weighted by Gasteiger charge is -2.36. The van der Waals surface area contributed by atoms with Gasteiger partial charge in [-0.25, -0.2) is 18.6 Å². The van der Waals surface area contributed by atoms with Crippen molar-refractivity contribution >= 4 is 46.3 Å². The second-order valence-electron chi connectivity index (χ2n) is 12.5. The highest BCUT2D eigenvalue weighted by Gasteiger charge is 2.32. The number of carboxylic acids is 1. The summed E-state index contributed by atoms with van der Waals surface area (Å²) in [6.45, 7) is 11.9. The van der Waals surface area contributed by atoms with E-state index in [4.69, 9.17) is 16.3 Å². The highest BCUT2D eigenvalue weighted by atomic mass is 35.5. The third kappa shape index (κ3) is 7.01. The molecule has 10 nitrogen and oxygen atoms in total. The number of nitrogens with one attached hydrogen (secondary N) is 1. The van der Waals surface area contributed by atoms with Gasteiger partial charge < -0.3 is 30.1 Å². The zero-order valence-corrected chi connectivity index (χ0v) is 25.7. The van der Waals surface area contributed by atoms with Gasteiger partial charge >= 0.3 is 12.1 Å². The molecule has 1 aliphatic rings. The van der Waals surface area contributed by atoms with Crippen LogP contribution in [0.2, 0.25) is 5.02 Å². The molecule has 0 unspecified atom stereocenters. The average molecular weight is 620 g/mol. The molecule has 1 atom stereocenters. The van der Waals surface area contributed by atoms with Crippen LogP contribution in [0, 0.1) is 23.0 Å². The fourth-order valence-electron chi connectivity index (χ4n) is 4.87. The molecule has 13 heteroatoms. The molecule has 1 amide bonds. The van der Waals surface area contributed by atoms with Crippen molar-refractivity contribution in [2.75, 3.05) is 42.9 Å². The second-order valence-corrected chi connectivity index (χ2v) is 12.9. The standard InChI is InChI=1S/C30H36ClF2N5O5/c1-29(2,3)17(26(40)41)15-34-27-35-24-16(14-18(31)21(23(24)33)22-19(32)8-7-9-20(22)39)25(36-27)37-10-12-38(13-11-37)28(42)43-30(4,5)6/h7-9,14,17,39H,10-13,15H2,1-6H3,(H,40,41)(H,34,35,36)/t17-/m0/s1. The van der Waals surface area contributed by atoms with Crippen molar-refractivity contribution in [3.8, 4) is 16.9 Å². The van der Waals surface area contributed by atoms with E-state index in [0.29, 0.717) is 32.0 Å². The molecule has 2 aromatic carbocycles. The zero-order valence-electron chi connectivity index (χ0n) is 25.0. The highest BCUT2D eigenvalue weighted by molar-refractivity contribution is 6.34. The normalized spacial score (nSPS) is 15.0.